The zero-order valence-corrected chi connectivity index (χ0v) is 8.62. The molecule has 0 amide bonds. The van der Waals surface area contributed by atoms with Gasteiger partial charge in [0, 0.05) is 6.08 Å². The van der Waals surface area contributed by atoms with Crippen molar-refractivity contribution in [3.05, 3.63) is 24.8 Å². The van der Waals surface area contributed by atoms with Gasteiger partial charge in [-0.15, -0.1) is 6.58 Å². The summed E-state index contributed by atoms with van der Waals surface area (Å²) in [5.74, 6) is 0.572. The second-order valence-electron chi connectivity index (χ2n) is 3.31. The van der Waals surface area contributed by atoms with E-state index < -0.39 is 0 Å². The lowest BCUT2D eigenvalue weighted by Crippen LogP contribution is -2.00. The quantitative estimate of drug-likeness (QED) is 0.371. The minimum absolute atomic E-state index is 0.293. The van der Waals surface area contributed by atoms with E-state index in [0.29, 0.717) is 11.8 Å². The van der Waals surface area contributed by atoms with Gasteiger partial charge < -0.3 is 4.74 Å². The highest BCUT2D eigenvalue weighted by molar-refractivity contribution is 5.81. The molecule has 0 heterocycles. The minimum atomic E-state index is -0.293. The third-order valence-electron chi connectivity index (χ3n) is 1.91. The van der Waals surface area contributed by atoms with Crippen molar-refractivity contribution in [1.82, 2.24) is 0 Å². The second-order valence-corrected chi connectivity index (χ2v) is 3.31. The fourth-order valence-electron chi connectivity index (χ4n) is 1.07. The summed E-state index contributed by atoms with van der Waals surface area (Å²) in [6, 6.07) is 0. The third kappa shape index (κ3) is 6.14. The molecule has 0 bridgehead atoms. The van der Waals surface area contributed by atoms with Crippen LogP contribution in [0.15, 0.2) is 24.8 Å². The molecule has 2 nitrogen and oxygen atoms in total. The molecule has 0 aliphatic carbocycles. The van der Waals surface area contributed by atoms with Crippen molar-refractivity contribution in [3.63, 3.8) is 0 Å². The number of allylic oxidation sites excluding steroid dienone is 2. The molecule has 0 unspecified atom stereocenters. The highest BCUT2D eigenvalue weighted by atomic mass is 16.5. The van der Waals surface area contributed by atoms with Crippen LogP contribution >= 0.6 is 0 Å². The lowest BCUT2D eigenvalue weighted by molar-refractivity contribution is -0.134. The smallest absolute Gasteiger partial charge is 0.330 e. The van der Waals surface area contributed by atoms with E-state index >= 15 is 0 Å². The molecule has 0 aromatic rings. The predicted octanol–water partition coefficient (Wildman–Crippen LogP) is 2.56. The van der Waals surface area contributed by atoms with Crippen molar-refractivity contribution in [3.8, 4) is 0 Å². The van der Waals surface area contributed by atoms with Crippen LogP contribution in [-0.2, 0) is 9.53 Å². The summed E-state index contributed by atoms with van der Waals surface area (Å²) < 4.78 is 4.49. The average Bonchev–Trinajstić information content (AvgIpc) is 2.13. The van der Waals surface area contributed by atoms with Gasteiger partial charge in [0.15, 0.2) is 0 Å². The van der Waals surface area contributed by atoms with Gasteiger partial charge in [-0.3, -0.25) is 0 Å². The summed E-state index contributed by atoms with van der Waals surface area (Å²) in [4.78, 5) is 10.7. The maximum absolute atomic E-state index is 10.7. The molecule has 0 saturated heterocycles. The van der Waals surface area contributed by atoms with E-state index in [1.807, 2.05) is 12.2 Å². The highest BCUT2D eigenvalue weighted by Gasteiger charge is 2.02. The lowest BCUT2D eigenvalue weighted by Gasteiger charge is -2.09. The van der Waals surface area contributed by atoms with E-state index in [-0.39, 0.29) is 5.97 Å². The Labute approximate surface area is 80.3 Å². The van der Waals surface area contributed by atoms with Crippen LogP contribution in [0, 0.1) is 11.8 Å². The Morgan fingerprint density at radius 1 is 1.46 bits per heavy atom. The van der Waals surface area contributed by atoms with Crippen molar-refractivity contribution < 1.29 is 9.53 Å². The molecule has 0 aliphatic rings. The monoisotopic (exact) mass is 182 g/mol. The first-order valence-corrected chi connectivity index (χ1v) is 4.48. The van der Waals surface area contributed by atoms with Gasteiger partial charge in [-0.2, -0.15) is 0 Å². The van der Waals surface area contributed by atoms with Gasteiger partial charge in [0.1, 0.15) is 0 Å². The topological polar surface area (TPSA) is 26.3 Å². The van der Waals surface area contributed by atoms with E-state index in [9.17, 15) is 4.79 Å². The van der Waals surface area contributed by atoms with Gasteiger partial charge in [0.25, 0.3) is 0 Å². The molecule has 2 atom stereocenters. The summed E-state index contributed by atoms with van der Waals surface area (Å²) in [6.07, 6.45) is 6.27. The second kappa shape index (κ2) is 6.46. The van der Waals surface area contributed by atoms with Crippen LogP contribution in [0.1, 0.15) is 20.3 Å². The number of ether oxygens (including phenoxy) is 1. The maximum Gasteiger partial charge on any atom is 0.330 e. The molecule has 0 aromatic heterocycles. The van der Waals surface area contributed by atoms with Gasteiger partial charge in [-0.05, 0) is 18.3 Å². The minimum Gasteiger partial charge on any atom is -0.466 e. The Morgan fingerprint density at radius 3 is 2.54 bits per heavy atom. The van der Waals surface area contributed by atoms with Crippen molar-refractivity contribution in [2.24, 2.45) is 11.8 Å². The largest absolute Gasteiger partial charge is 0.466 e. The molecular weight excluding hydrogens is 164 g/mol. The van der Waals surface area contributed by atoms with Gasteiger partial charge in [-0.1, -0.05) is 26.0 Å². The first kappa shape index (κ1) is 11.9. The SMILES string of the molecule is C=C[C@@H](C)C[C@H](C)/C=C/C(=O)OC. The molecule has 0 radical (unpaired) electrons. The first-order valence-electron chi connectivity index (χ1n) is 4.48. The number of carbonyl (C=O) groups excluding carboxylic acids is 1. The van der Waals surface area contributed by atoms with Gasteiger partial charge in [-0.25, -0.2) is 4.79 Å². The Bertz CT molecular complexity index is 194. The van der Waals surface area contributed by atoms with Crippen LogP contribution in [0.25, 0.3) is 0 Å². The van der Waals surface area contributed by atoms with Crippen LogP contribution in [-0.4, -0.2) is 13.1 Å². The molecule has 0 aliphatic heterocycles. The molecule has 0 N–H and O–H groups in total. The molecule has 0 spiro atoms. The first-order chi connectivity index (χ1) is 6.10. The summed E-state index contributed by atoms with van der Waals surface area (Å²) in [5, 5.41) is 0. The van der Waals surface area contributed by atoms with Crippen LogP contribution in [0.2, 0.25) is 0 Å². The van der Waals surface area contributed by atoms with E-state index in [1.165, 1.54) is 13.2 Å². The summed E-state index contributed by atoms with van der Waals surface area (Å²) in [7, 11) is 1.38. The Balaban J connectivity index is 3.85. The summed E-state index contributed by atoms with van der Waals surface area (Å²) in [5.41, 5.74) is 0. The Morgan fingerprint density at radius 2 is 2.08 bits per heavy atom. The molecule has 13 heavy (non-hydrogen) atoms. The summed E-state index contributed by atoms with van der Waals surface area (Å²) in [6.45, 7) is 7.88. The van der Waals surface area contributed by atoms with Crippen molar-refractivity contribution in [1.29, 1.82) is 0 Å². The third-order valence-corrected chi connectivity index (χ3v) is 1.91. The Hall–Kier alpha value is -1.05. The molecule has 74 valence electrons. The van der Waals surface area contributed by atoms with E-state index in [2.05, 4.69) is 25.2 Å². The number of carbonyl (C=O) groups is 1. The molecule has 0 saturated carbocycles. The maximum atomic E-state index is 10.7. The van der Waals surface area contributed by atoms with Gasteiger partial charge >= 0.3 is 5.97 Å². The fraction of sp³-hybridized carbons (Fsp3) is 0.545. The van der Waals surface area contributed by atoms with Crippen molar-refractivity contribution in [2.75, 3.05) is 7.11 Å². The zero-order valence-electron chi connectivity index (χ0n) is 8.62. The number of hydrogen-bond acceptors (Lipinski definition) is 2. The zero-order chi connectivity index (χ0) is 10.3. The predicted molar refractivity (Wildman–Crippen MR) is 54.3 cm³/mol. The average molecular weight is 182 g/mol. The Kier molecular flexibility index (Phi) is 5.94. The highest BCUT2D eigenvalue weighted by Crippen LogP contribution is 2.13. The molecule has 0 fully saturated rings. The van der Waals surface area contributed by atoms with Crippen LogP contribution in [0.5, 0.6) is 0 Å². The standard InChI is InChI=1S/C11H18O2/c1-5-9(2)8-10(3)6-7-11(12)13-4/h5-7,9-10H,1,8H2,2-4H3/b7-6+/t9-,10-/m1/s1. The van der Waals surface area contributed by atoms with E-state index in [1.54, 1.807) is 0 Å². The molecule has 0 rings (SSSR count). The molecular formula is C11H18O2. The fourth-order valence-corrected chi connectivity index (χ4v) is 1.07. The normalized spacial score (nSPS) is 15.3. The van der Waals surface area contributed by atoms with Crippen molar-refractivity contribution in [2.45, 2.75) is 20.3 Å². The van der Waals surface area contributed by atoms with Crippen LogP contribution in [0.4, 0.5) is 0 Å². The molecule has 0 aromatic carbocycles. The number of rotatable bonds is 5. The van der Waals surface area contributed by atoms with Gasteiger partial charge in [0.05, 0.1) is 7.11 Å². The number of methoxy groups -OCH3 is 1. The number of hydrogen-bond donors (Lipinski definition) is 0. The van der Waals surface area contributed by atoms with Crippen LogP contribution in [0.3, 0.4) is 0 Å². The lowest BCUT2D eigenvalue weighted by atomic mass is 9.97. The van der Waals surface area contributed by atoms with Gasteiger partial charge in [0.2, 0.25) is 0 Å². The van der Waals surface area contributed by atoms with E-state index in [0.717, 1.165) is 6.42 Å². The number of esters is 1. The van der Waals surface area contributed by atoms with Crippen molar-refractivity contribution >= 4 is 5.97 Å². The van der Waals surface area contributed by atoms with E-state index in [4.69, 9.17) is 0 Å². The molecule has 2 heteroatoms. The summed E-state index contributed by atoms with van der Waals surface area (Å²) >= 11 is 0. The van der Waals surface area contributed by atoms with Crippen LogP contribution < -0.4 is 0 Å².